The smallest absolute Gasteiger partial charge is 0.000156 e. The van der Waals surface area contributed by atoms with Crippen molar-refractivity contribution >= 4 is 22.6 Å². The van der Waals surface area contributed by atoms with E-state index in [-0.39, 0.29) is 0 Å². The fourth-order valence-electron chi connectivity index (χ4n) is 2.41. The minimum atomic E-state index is 1.18. The first-order valence-corrected chi connectivity index (χ1v) is 7.97. The van der Waals surface area contributed by atoms with Gasteiger partial charge in [0.05, 0.1) is 0 Å². The Bertz CT molecular complexity index is 529. The third-order valence-corrected chi connectivity index (χ3v) is 4.17. The third kappa shape index (κ3) is 2.94. The SMILES string of the molecule is Cc1ccccc1-c1cccc(C)c1CCCI. The number of benzene rings is 2. The molecule has 0 N–H and O–H groups in total. The molecule has 0 nitrogen and oxygen atoms in total. The molecule has 0 radical (unpaired) electrons. The number of rotatable bonds is 4. The summed E-state index contributed by atoms with van der Waals surface area (Å²) in [5.74, 6) is 0. The summed E-state index contributed by atoms with van der Waals surface area (Å²) in [5, 5.41) is 0. The van der Waals surface area contributed by atoms with Gasteiger partial charge in [0.15, 0.2) is 0 Å². The molecular formula is C17H19I. The number of alkyl halides is 1. The van der Waals surface area contributed by atoms with E-state index in [2.05, 4.69) is 78.9 Å². The number of aryl methyl sites for hydroxylation is 2. The van der Waals surface area contributed by atoms with Crippen molar-refractivity contribution in [3.05, 3.63) is 59.2 Å². The Balaban J connectivity index is 2.50. The molecule has 0 spiro atoms. The Morgan fingerprint density at radius 3 is 2.22 bits per heavy atom. The van der Waals surface area contributed by atoms with Crippen molar-refractivity contribution in [2.45, 2.75) is 26.7 Å². The quantitative estimate of drug-likeness (QED) is 0.516. The van der Waals surface area contributed by atoms with Crippen LogP contribution >= 0.6 is 22.6 Å². The van der Waals surface area contributed by atoms with E-state index in [1.165, 1.54) is 45.1 Å². The normalized spacial score (nSPS) is 10.6. The van der Waals surface area contributed by atoms with Crippen molar-refractivity contribution < 1.29 is 0 Å². The standard InChI is InChI=1S/C17H19I/c1-13-7-3-4-9-15(13)17-10-5-8-14(2)16(17)11-6-12-18/h3-5,7-10H,6,11-12H2,1-2H3. The van der Waals surface area contributed by atoms with E-state index >= 15 is 0 Å². The molecule has 0 aliphatic rings. The molecule has 0 heterocycles. The van der Waals surface area contributed by atoms with Crippen LogP contribution in [0.2, 0.25) is 0 Å². The molecule has 0 fully saturated rings. The lowest BCUT2D eigenvalue weighted by Gasteiger charge is -2.14. The molecule has 2 aromatic rings. The Labute approximate surface area is 124 Å². The van der Waals surface area contributed by atoms with Crippen LogP contribution in [0, 0.1) is 13.8 Å². The van der Waals surface area contributed by atoms with E-state index in [1.54, 1.807) is 0 Å². The Morgan fingerprint density at radius 2 is 1.50 bits per heavy atom. The van der Waals surface area contributed by atoms with Crippen molar-refractivity contribution in [3.63, 3.8) is 0 Å². The van der Waals surface area contributed by atoms with Gasteiger partial charge in [-0.25, -0.2) is 0 Å². The van der Waals surface area contributed by atoms with Crippen LogP contribution in [-0.4, -0.2) is 4.43 Å². The second-order valence-corrected chi connectivity index (χ2v) is 5.79. The molecule has 0 saturated heterocycles. The average Bonchev–Trinajstić information content (AvgIpc) is 2.38. The zero-order valence-electron chi connectivity index (χ0n) is 11.0. The molecule has 0 bridgehead atoms. The van der Waals surface area contributed by atoms with Crippen LogP contribution in [-0.2, 0) is 6.42 Å². The van der Waals surface area contributed by atoms with E-state index in [0.29, 0.717) is 0 Å². The van der Waals surface area contributed by atoms with Crippen molar-refractivity contribution in [2.24, 2.45) is 0 Å². The molecule has 0 amide bonds. The summed E-state index contributed by atoms with van der Waals surface area (Å²) in [6.45, 7) is 4.42. The zero-order valence-corrected chi connectivity index (χ0v) is 13.2. The average molecular weight is 350 g/mol. The molecule has 0 aliphatic heterocycles. The van der Waals surface area contributed by atoms with E-state index in [9.17, 15) is 0 Å². The highest BCUT2D eigenvalue weighted by Gasteiger charge is 2.08. The van der Waals surface area contributed by atoms with Crippen molar-refractivity contribution in [3.8, 4) is 11.1 Å². The minimum Gasteiger partial charge on any atom is -0.0864 e. The summed E-state index contributed by atoms with van der Waals surface area (Å²) < 4.78 is 1.22. The number of hydrogen-bond donors (Lipinski definition) is 0. The topological polar surface area (TPSA) is 0 Å². The number of hydrogen-bond acceptors (Lipinski definition) is 0. The van der Waals surface area contributed by atoms with Crippen LogP contribution in [0.15, 0.2) is 42.5 Å². The summed E-state index contributed by atoms with van der Waals surface area (Å²) >= 11 is 2.46. The van der Waals surface area contributed by atoms with Crippen LogP contribution in [0.25, 0.3) is 11.1 Å². The van der Waals surface area contributed by atoms with Gasteiger partial charge in [-0.2, -0.15) is 0 Å². The van der Waals surface area contributed by atoms with Crippen LogP contribution in [0.1, 0.15) is 23.1 Å². The fraction of sp³-hybridized carbons (Fsp3) is 0.294. The maximum Gasteiger partial charge on any atom is -0.000156 e. The minimum absolute atomic E-state index is 1.18. The summed E-state index contributed by atoms with van der Waals surface area (Å²) in [6.07, 6.45) is 2.43. The lowest BCUT2D eigenvalue weighted by molar-refractivity contribution is 0.937. The molecule has 0 atom stereocenters. The Kier molecular flexibility index (Phi) is 4.81. The molecule has 0 saturated carbocycles. The van der Waals surface area contributed by atoms with Crippen molar-refractivity contribution in [1.82, 2.24) is 0 Å². The second kappa shape index (κ2) is 6.37. The first-order valence-electron chi connectivity index (χ1n) is 6.44. The fourth-order valence-corrected chi connectivity index (χ4v) is 2.79. The molecule has 2 rings (SSSR count). The van der Waals surface area contributed by atoms with Crippen LogP contribution in [0.4, 0.5) is 0 Å². The summed E-state index contributed by atoms with van der Waals surface area (Å²) in [7, 11) is 0. The van der Waals surface area contributed by atoms with Gasteiger partial charge in [-0.05, 0) is 58.9 Å². The number of halogens is 1. The molecule has 2 aromatic carbocycles. The summed E-state index contributed by atoms with van der Waals surface area (Å²) in [4.78, 5) is 0. The predicted octanol–water partition coefficient (Wildman–Crippen LogP) is 5.34. The first kappa shape index (κ1) is 13.6. The van der Waals surface area contributed by atoms with E-state index in [1.807, 2.05) is 0 Å². The van der Waals surface area contributed by atoms with Crippen molar-refractivity contribution in [2.75, 3.05) is 4.43 Å². The maximum absolute atomic E-state index is 2.46. The monoisotopic (exact) mass is 350 g/mol. The van der Waals surface area contributed by atoms with Gasteiger partial charge in [0, 0.05) is 0 Å². The Hall–Kier alpha value is -0.830. The van der Waals surface area contributed by atoms with Crippen LogP contribution in [0.5, 0.6) is 0 Å². The maximum atomic E-state index is 2.46. The highest BCUT2D eigenvalue weighted by molar-refractivity contribution is 14.1. The lowest BCUT2D eigenvalue weighted by Crippen LogP contribution is -1.96. The van der Waals surface area contributed by atoms with Gasteiger partial charge in [-0.15, -0.1) is 0 Å². The molecule has 94 valence electrons. The van der Waals surface area contributed by atoms with Crippen LogP contribution in [0.3, 0.4) is 0 Å². The van der Waals surface area contributed by atoms with E-state index in [0.717, 1.165) is 0 Å². The van der Waals surface area contributed by atoms with Gasteiger partial charge < -0.3 is 0 Å². The first-order chi connectivity index (χ1) is 8.74. The lowest BCUT2D eigenvalue weighted by atomic mass is 9.91. The van der Waals surface area contributed by atoms with Gasteiger partial charge in [-0.1, -0.05) is 65.1 Å². The molecule has 0 aromatic heterocycles. The largest absolute Gasteiger partial charge is 0.0864 e. The molecule has 0 aliphatic carbocycles. The summed E-state index contributed by atoms with van der Waals surface area (Å²) in [5.41, 5.74) is 7.09. The molecule has 1 heteroatoms. The van der Waals surface area contributed by atoms with Gasteiger partial charge in [-0.3, -0.25) is 0 Å². The van der Waals surface area contributed by atoms with Gasteiger partial charge >= 0.3 is 0 Å². The highest BCUT2D eigenvalue weighted by atomic mass is 127. The van der Waals surface area contributed by atoms with Crippen molar-refractivity contribution in [1.29, 1.82) is 0 Å². The Morgan fingerprint density at radius 1 is 0.833 bits per heavy atom. The third-order valence-electron chi connectivity index (χ3n) is 3.41. The second-order valence-electron chi connectivity index (χ2n) is 4.71. The molecule has 18 heavy (non-hydrogen) atoms. The van der Waals surface area contributed by atoms with E-state index in [4.69, 9.17) is 0 Å². The zero-order chi connectivity index (χ0) is 13.0. The molecular weight excluding hydrogens is 331 g/mol. The molecule has 0 unspecified atom stereocenters. The summed E-state index contributed by atoms with van der Waals surface area (Å²) in [6, 6.07) is 15.3. The van der Waals surface area contributed by atoms with Gasteiger partial charge in [0.2, 0.25) is 0 Å². The highest BCUT2D eigenvalue weighted by Crippen LogP contribution is 2.29. The van der Waals surface area contributed by atoms with Crippen LogP contribution < -0.4 is 0 Å². The predicted molar refractivity (Wildman–Crippen MR) is 88.6 cm³/mol. The van der Waals surface area contributed by atoms with Gasteiger partial charge in [0.1, 0.15) is 0 Å². The van der Waals surface area contributed by atoms with Gasteiger partial charge in [0.25, 0.3) is 0 Å². The van der Waals surface area contributed by atoms with E-state index < -0.39 is 0 Å².